The molecule has 3 rings (SSSR count). The minimum Gasteiger partial charge on any atom is -0.389 e. The van der Waals surface area contributed by atoms with E-state index in [-0.39, 0.29) is 5.92 Å². The molecular formula is C17H25BrN2O2. The second-order valence-corrected chi connectivity index (χ2v) is 7.29. The monoisotopic (exact) mass is 368 g/mol. The first-order valence-corrected chi connectivity index (χ1v) is 8.95. The van der Waals surface area contributed by atoms with Crippen molar-refractivity contribution in [3.05, 3.63) is 34.3 Å². The van der Waals surface area contributed by atoms with Crippen LogP contribution < -0.4 is 5.32 Å². The minimum atomic E-state index is -0.663. The van der Waals surface area contributed by atoms with Gasteiger partial charge in [-0.3, -0.25) is 0 Å². The summed E-state index contributed by atoms with van der Waals surface area (Å²) in [7, 11) is 0. The van der Waals surface area contributed by atoms with Gasteiger partial charge >= 0.3 is 0 Å². The molecule has 4 nitrogen and oxygen atoms in total. The standard InChI is InChI=1S/C17H25BrN2O2/c18-15-3-1-2-14(12-15)16(13-20-8-6-19-7-9-20)17(21)4-10-22-11-5-17/h1-3,12,16,19,21H,4-11,13H2. The van der Waals surface area contributed by atoms with Gasteiger partial charge in [0, 0.05) is 69.2 Å². The number of nitrogens with zero attached hydrogens (tertiary/aromatic N) is 1. The van der Waals surface area contributed by atoms with Gasteiger partial charge in [0.15, 0.2) is 0 Å². The normalized spacial score (nSPS) is 24.1. The molecule has 1 aromatic rings. The highest BCUT2D eigenvalue weighted by Crippen LogP contribution is 2.37. The van der Waals surface area contributed by atoms with Crippen LogP contribution in [0.2, 0.25) is 0 Å². The fourth-order valence-electron chi connectivity index (χ4n) is 3.53. The predicted octanol–water partition coefficient (Wildman–Crippen LogP) is 1.98. The Bertz CT molecular complexity index is 485. The first kappa shape index (κ1) is 16.4. The van der Waals surface area contributed by atoms with Crippen molar-refractivity contribution in [2.45, 2.75) is 24.4 Å². The van der Waals surface area contributed by atoms with Crippen LogP contribution in [-0.2, 0) is 4.74 Å². The molecule has 0 aliphatic carbocycles. The largest absolute Gasteiger partial charge is 0.389 e. The van der Waals surface area contributed by atoms with E-state index >= 15 is 0 Å². The molecule has 2 aliphatic heterocycles. The molecule has 1 unspecified atom stereocenters. The number of nitrogens with one attached hydrogen (secondary N) is 1. The highest BCUT2D eigenvalue weighted by atomic mass is 79.9. The van der Waals surface area contributed by atoms with Crippen molar-refractivity contribution < 1.29 is 9.84 Å². The molecule has 122 valence electrons. The first-order chi connectivity index (χ1) is 10.7. The van der Waals surface area contributed by atoms with Gasteiger partial charge in [0.25, 0.3) is 0 Å². The van der Waals surface area contributed by atoms with Gasteiger partial charge in [0.05, 0.1) is 5.60 Å². The van der Waals surface area contributed by atoms with Crippen LogP contribution in [0.15, 0.2) is 28.7 Å². The molecule has 1 atom stereocenters. The molecule has 0 amide bonds. The summed E-state index contributed by atoms with van der Waals surface area (Å²) >= 11 is 3.57. The lowest BCUT2D eigenvalue weighted by Gasteiger charge is -2.42. The zero-order valence-corrected chi connectivity index (χ0v) is 14.5. The Kier molecular flexibility index (Phi) is 5.52. The highest BCUT2D eigenvalue weighted by molar-refractivity contribution is 9.10. The van der Waals surface area contributed by atoms with E-state index < -0.39 is 5.60 Å². The fourth-order valence-corrected chi connectivity index (χ4v) is 3.95. The van der Waals surface area contributed by atoms with Crippen LogP contribution in [0.3, 0.4) is 0 Å². The van der Waals surface area contributed by atoms with Crippen LogP contribution in [0.25, 0.3) is 0 Å². The molecular weight excluding hydrogens is 344 g/mol. The van der Waals surface area contributed by atoms with Crippen molar-refractivity contribution >= 4 is 15.9 Å². The fraction of sp³-hybridized carbons (Fsp3) is 0.647. The van der Waals surface area contributed by atoms with E-state index in [0.29, 0.717) is 13.2 Å². The number of hydrogen-bond donors (Lipinski definition) is 2. The topological polar surface area (TPSA) is 44.7 Å². The maximum atomic E-state index is 11.3. The van der Waals surface area contributed by atoms with Crippen molar-refractivity contribution in [2.75, 3.05) is 45.9 Å². The van der Waals surface area contributed by atoms with Gasteiger partial charge in [-0.25, -0.2) is 0 Å². The Morgan fingerprint density at radius 3 is 2.68 bits per heavy atom. The summed E-state index contributed by atoms with van der Waals surface area (Å²) in [6.45, 7) is 6.40. The summed E-state index contributed by atoms with van der Waals surface area (Å²) in [6, 6.07) is 8.40. The number of ether oxygens (including phenoxy) is 1. The average Bonchev–Trinajstić information content (AvgIpc) is 2.54. The molecule has 2 aliphatic rings. The van der Waals surface area contributed by atoms with Gasteiger partial charge < -0.3 is 20.1 Å². The maximum absolute atomic E-state index is 11.3. The first-order valence-electron chi connectivity index (χ1n) is 8.16. The van der Waals surface area contributed by atoms with E-state index in [9.17, 15) is 5.11 Å². The third kappa shape index (κ3) is 3.89. The van der Waals surface area contributed by atoms with Crippen LogP contribution >= 0.6 is 15.9 Å². The van der Waals surface area contributed by atoms with Crippen molar-refractivity contribution in [2.24, 2.45) is 0 Å². The highest BCUT2D eigenvalue weighted by Gasteiger charge is 2.40. The summed E-state index contributed by atoms with van der Waals surface area (Å²) in [5.41, 5.74) is 0.557. The van der Waals surface area contributed by atoms with Crippen molar-refractivity contribution in [3.8, 4) is 0 Å². The Balaban J connectivity index is 1.83. The van der Waals surface area contributed by atoms with E-state index in [0.717, 1.165) is 50.0 Å². The Morgan fingerprint density at radius 1 is 1.27 bits per heavy atom. The molecule has 2 saturated heterocycles. The van der Waals surface area contributed by atoms with E-state index in [2.05, 4.69) is 44.3 Å². The van der Waals surface area contributed by atoms with Gasteiger partial charge in [0.2, 0.25) is 0 Å². The molecule has 2 heterocycles. The summed E-state index contributed by atoms with van der Waals surface area (Å²) in [5.74, 6) is 0.131. The lowest BCUT2D eigenvalue weighted by Crippen LogP contribution is -2.50. The third-order valence-electron chi connectivity index (χ3n) is 4.91. The van der Waals surface area contributed by atoms with Crippen LogP contribution in [0.1, 0.15) is 24.3 Å². The summed E-state index contributed by atoms with van der Waals surface area (Å²) in [5, 5.41) is 14.7. The number of benzene rings is 1. The molecule has 0 bridgehead atoms. The molecule has 5 heteroatoms. The average molecular weight is 369 g/mol. The number of hydrogen-bond acceptors (Lipinski definition) is 4. The van der Waals surface area contributed by atoms with Crippen molar-refractivity contribution in [1.82, 2.24) is 10.2 Å². The quantitative estimate of drug-likeness (QED) is 0.852. The van der Waals surface area contributed by atoms with E-state index in [1.54, 1.807) is 0 Å². The third-order valence-corrected chi connectivity index (χ3v) is 5.40. The van der Waals surface area contributed by atoms with Gasteiger partial charge in [-0.2, -0.15) is 0 Å². The molecule has 2 fully saturated rings. The maximum Gasteiger partial charge on any atom is 0.0772 e. The summed E-state index contributed by atoms with van der Waals surface area (Å²) < 4.78 is 6.55. The zero-order valence-electron chi connectivity index (χ0n) is 12.9. The lowest BCUT2D eigenvalue weighted by molar-refractivity contribution is -0.0851. The number of aliphatic hydroxyl groups is 1. The van der Waals surface area contributed by atoms with Gasteiger partial charge in [0.1, 0.15) is 0 Å². The number of piperazine rings is 1. The van der Waals surface area contributed by atoms with Crippen LogP contribution in [0, 0.1) is 0 Å². The molecule has 0 saturated carbocycles. The Morgan fingerprint density at radius 2 is 2.00 bits per heavy atom. The van der Waals surface area contributed by atoms with Crippen molar-refractivity contribution in [3.63, 3.8) is 0 Å². The van der Waals surface area contributed by atoms with Gasteiger partial charge in [-0.1, -0.05) is 28.1 Å². The second kappa shape index (κ2) is 7.41. The SMILES string of the molecule is OC1(C(CN2CCNCC2)c2cccc(Br)c2)CCOCC1. The van der Waals surface area contributed by atoms with E-state index in [4.69, 9.17) is 4.74 Å². The van der Waals surface area contributed by atoms with E-state index in [1.807, 2.05) is 6.07 Å². The summed E-state index contributed by atoms with van der Waals surface area (Å²) in [4.78, 5) is 2.47. The molecule has 0 spiro atoms. The van der Waals surface area contributed by atoms with Crippen LogP contribution in [0.5, 0.6) is 0 Å². The molecule has 0 radical (unpaired) electrons. The second-order valence-electron chi connectivity index (χ2n) is 6.37. The number of rotatable bonds is 4. The van der Waals surface area contributed by atoms with Gasteiger partial charge in [-0.15, -0.1) is 0 Å². The molecule has 2 N–H and O–H groups in total. The van der Waals surface area contributed by atoms with Crippen LogP contribution in [-0.4, -0.2) is 61.5 Å². The van der Waals surface area contributed by atoms with Crippen LogP contribution in [0.4, 0.5) is 0 Å². The van der Waals surface area contributed by atoms with E-state index in [1.165, 1.54) is 5.56 Å². The smallest absolute Gasteiger partial charge is 0.0772 e. The number of halogens is 1. The molecule has 22 heavy (non-hydrogen) atoms. The van der Waals surface area contributed by atoms with Crippen molar-refractivity contribution in [1.29, 1.82) is 0 Å². The molecule has 1 aromatic carbocycles. The lowest BCUT2D eigenvalue weighted by atomic mass is 9.76. The summed E-state index contributed by atoms with van der Waals surface area (Å²) in [6.07, 6.45) is 1.44. The minimum absolute atomic E-state index is 0.131. The Labute approximate surface area is 141 Å². The molecule has 0 aromatic heterocycles. The zero-order chi connectivity index (χ0) is 15.4. The predicted molar refractivity (Wildman–Crippen MR) is 91.2 cm³/mol. The van der Waals surface area contributed by atoms with Gasteiger partial charge in [-0.05, 0) is 17.7 Å². The Hall–Kier alpha value is -0.460.